The molecule has 1 amide bonds. The first kappa shape index (κ1) is 19.7. The summed E-state index contributed by atoms with van der Waals surface area (Å²) >= 11 is 0. The maximum absolute atomic E-state index is 12.9. The molecule has 3 aliphatic rings. The second-order valence-corrected chi connectivity index (χ2v) is 8.68. The van der Waals surface area contributed by atoms with E-state index in [1.165, 1.54) is 37.8 Å². The van der Waals surface area contributed by atoms with Crippen molar-refractivity contribution >= 4 is 11.6 Å². The van der Waals surface area contributed by atoms with Gasteiger partial charge in [0.1, 0.15) is 0 Å². The highest BCUT2D eigenvalue weighted by atomic mass is 16.2. The first-order chi connectivity index (χ1) is 13.8. The largest absolute Gasteiger partial charge is 0.369 e. The molecule has 0 radical (unpaired) electrons. The number of carbonyl (C=O) groups excluding carboxylic acids is 1. The summed E-state index contributed by atoms with van der Waals surface area (Å²) in [4.78, 5) is 22.6. The molecule has 4 rings (SSSR count). The third-order valence-corrected chi connectivity index (χ3v) is 6.76. The highest BCUT2D eigenvalue weighted by molar-refractivity contribution is 5.78. The Labute approximate surface area is 170 Å². The highest BCUT2D eigenvalue weighted by Crippen LogP contribution is 2.21. The van der Waals surface area contributed by atoms with Gasteiger partial charge in [-0.2, -0.15) is 0 Å². The summed E-state index contributed by atoms with van der Waals surface area (Å²) in [6.07, 6.45) is 7.54. The van der Waals surface area contributed by atoms with Crippen molar-refractivity contribution in [3.63, 3.8) is 0 Å². The van der Waals surface area contributed by atoms with Crippen LogP contribution in [0.1, 0.15) is 38.5 Å². The van der Waals surface area contributed by atoms with Crippen molar-refractivity contribution in [1.29, 1.82) is 0 Å². The Kier molecular flexibility index (Phi) is 6.86. The number of likely N-dealkylation sites (tertiary alicyclic amines) is 2. The second-order valence-electron chi connectivity index (χ2n) is 8.68. The van der Waals surface area contributed by atoms with Gasteiger partial charge in [-0.1, -0.05) is 31.0 Å². The van der Waals surface area contributed by atoms with Gasteiger partial charge in [-0.05, 0) is 50.9 Å². The molecule has 3 fully saturated rings. The summed E-state index contributed by atoms with van der Waals surface area (Å²) in [7, 11) is 0. The predicted octanol–water partition coefficient (Wildman–Crippen LogP) is 2.68. The van der Waals surface area contributed by atoms with Gasteiger partial charge in [-0.25, -0.2) is 0 Å². The van der Waals surface area contributed by atoms with Gasteiger partial charge in [-0.3, -0.25) is 14.6 Å². The van der Waals surface area contributed by atoms with Gasteiger partial charge in [0.2, 0.25) is 5.91 Å². The van der Waals surface area contributed by atoms with Gasteiger partial charge < -0.3 is 9.80 Å². The number of amides is 1. The molecule has 0 spiro atoms. The van der Waals surface area contributed by atoms with Crippen LogP contribution >= 0.6 is 0 Å². The lowest BCUT2D eigenvalue weighted by Gasteiger charge is -2.44. The number of anilines is 1. The van der Waals surface area contributed by atoms with Crippen molar-refractivity contribution in [3.05, 3.63) is 30.3 Å². The van der Waals surface area contributed by atoms with Crippen LogP contribution in [0, 0.1) is 0 Å². The molecule has 3 saturated heterocycles. The van der Waals surface area contributed by atoms with Crippen LogP contribution in [-0.4, -0.2) is 85.6 Å². The van der Waals surface area contributed by atoms with Gasteiger partial charge in [0, 0.05) is 51.0 Å². The zero-order chi connectivity index (χ0) is 19.2. The fourth-order valence-electron chi connectivity index (χ4n) is 5.05. The number of carbonyl (C=O) groups is 1. The number of piperazine rings is 1. The molecule has 1 aromatic carbocycles. The van der Waals surface area contributed by atoms with E-state index in [1.807, 2.05) is 0 Å². The summed E-state index contributed by atoms with van der Waals surface area (Å²) in [5.74, 6) is 0.356. The van der Waals surface area contributed by atoms with E-state index in [9.17, 15) is 4.79 Å². The zero-order valence-electron chi connectivity index (χ0n) is 17.3. The fraction of sp³-hybridized carbons (Fsp3) is 0.696. The number of piperidine rings is 1. The maximum Gasteiger partial charge on any atom is 0.236 e. The number of hydrogen-bond donors (Lipinski definition) is 0. The third-order valence-electron chi connectivity index (χ3n) is 6.76. The van der Waals surface area contributed by atoms with Crippen molar-refractivity contribution in [2.24, 2.45) is 0 Å². The van der Waals surface area contributed by atoms with Gasteiger partial charge in [-0.15, -0.1) is 0 Å². The smallest absolute Gasteiger partial charge is 0.236 e. The minimum Gasteiger partial charge on any atom is -0.369 e. The summed E-state index contributed by atoms with van der Waals surface area (Å²) in [6.45, 7) is 9.10. The molecule has 1 aromatic rings. The SMILES string of the molecule is O=C(CN1CCCCCC1)N1CCC[C@@H](N2CCN(c3ccccc3)CC2)C1. The number of rotatable bonds is 4. The Morgan fingerprint density at radius 2 is 1.54 bits per heavy atom. The lowest BCUT2D eigenvalue weighted by molar-refractivity contribution is -0.134. The van der Waals surface area contributed by atoms with Crippen molar-refractivity contribution in [2.75, 3.05) is 63.8 Å². The number of nitrogens with zero attached hydrogens (tertiary/aromatic N) is 4. The minimum absolute atomic E-state index is 0.356. The van der Waals surface area contributed by atoms with Crippen LogP contribution in [0.4, 0.5) is 5.69 Å². The molecule has 154 valence electrons. The van der Waals surface area contributed by atoms with Gasteiger partial charge >= 0.3 is 0 Å². The molecular formula is C23H36N4O. The van der Waals surface area contributed by atoms with E-state index in [0.717, 1.165) is 58.8 Å². The molecule has 0 bridgehead atoms. The monoisotopic (exact) mass is 384 g/mol. The molecular weight excluding hydrogens is 348 g/mol. The minimum atomic E-state index is 0.356. The molecule has 3 aliphatic heterocycles. The van der Waals surface area contributed by atoms with E-state index in [4.69, 9.17) is 0 Å². The van der Waals surface area contributed by atoms with Gasteiger partial charge in [0.05, 0.1) is 6.54 Å². The predicted molar refractivity (Wildman–Crippen MR) is 115 cm³/mol. The molecule has 5 heteroatoms. The fourth-order valence-corrected chi connectivity index (χ4v) is 5.05. The van der Waals surface area contributed by atoms with E-state index < -0.39 is 0 Å². The Bertz CT molecular complexity index is 606. The Balaban J connectivity index is 1.26. The van der Waals surface area contributed by atoms with Gasteiger partial charge in [0.15, 0.2) is 0 Å². The van der Waals surface area contributed by atoms with E-state index in [2.05, 4.69) is 49.9 Å². The van der Waals surface area contributed by atoms with Gasteiger partial charge in [0.25, 0.3) is 0 Å². The molecule has 28 heavy (non-hydrogen) atoms. The first-order valence-corrected chi connectivity index (χ1v) is 11.3. The zero-order valence-corrected chi connectivity index (χ0v) is 17.3. The average molecular weight is 385 g/mol. The third kappa shape index (κ3) is 5.06. The number of benzene rings is 1. The Morgan fingerprint density at radius 3 is 2.25 bits per heavy atom. The van der Waals surface area contributed by atoms with Crippen LogP contribution in [0.15, 0.2) is 30.3 Å². The highest BCUT2D eigenvalue weighted by Gasteiger charge is 2.30. The van der Waals surface area contributed by atoms with Crippen molar-refractivity contribution in [3.8, 4) is 0 Å². The normalized spacial score (nSPS) is 25.5. The molecule has 1 atom stereocenters. The Morgan fingerprint density at radius 1 is 0.821 bits per heavy atom. The molecule has 0 saturated carbocycles. The molecule has 0 unspecified atom stereocenters. The van der Waals surface area contributed by atoms with Crippen LogP contribution in [0.25, 0.3) is 0 Å². The standard InChI is InChI=1S/C23H36N4O/c28-23(20-24-12-6-1-2-7-13-24)27-14-8-11-22(19-27)26-17-15-25(16-18-26)21-9-4-3-5-10-21/h3-5,9-10,22H,1-2,6-8,11-20H2/t22-/m1/s1. The quantitative estimate of drug-likeness (QED) is 0.798. The lowest BCUT2D eigenvalue weighted by atomic mass is 10.0. The molecule has 3 heterocycles. The topological polar surface area (TPSA) is 30.0 Å². The van der Waals surface area contributed by atoms with Crippen LogP contribution in [0.5, 0.6) is 0 Å². The maximum atomic E-state index is 12.9. The average Bonchev–Trinajstić information content (AvgIpc) is 3.03. The van der Waals surface area contributed by atoms with Crippen LogP contribution < -0.4 is 4.90 Å². The van der Waals surface area contributed by atoms with E-state index >= 15 is 0 Å². The molecule has 0 N–H and O–H groups in total. The summed E-state index contributed by atoms with van der Waals surface area (Å²) in [5.41, 5.74) is 1.33. The lowest BCUT2D eigenvalue weighted by Crippen LogP contribution is -2.56. The number of para-hydroxylation sites is 1. The van der Waals surface area contributed by atoms with Crippen LogP contribution in [0.2, 0.25) is 0 Å². The number of hydrogen-bond acceptors (Lipinski definition) is 4. The first-order valence-electron chi connectivity index (χ1n) is 11.3. The van der Waals surface area contributed by atoms with E-state index in [0.29, 0.717) is 18.5 Å². The molecule has 5 nitrogen and oxygen atoms in total. The summed E-state index contributed by atoms with van der Waals surface area (Å²) < 4.78 is 0. The van der Waals surface area contributed by atoms with E-state index in [1.54, 1.807) is 0 Å². The second kappa shape index (κ2) is 9.75. The van der Waals surface area contributed by atoms with Crippen molar-refractivity contribution in [2.45, 2.75) is 44.6 Å². The summed E-state index contributed by atoms with van der Waals surface area (Å²) in [5, 5.41) is 0. The van der Waals surface area contributed by atoms with E-state index in [-0.39, 0.29) is 0 Å². The van der Waals surface area contributed by atoms with Crippen molar-refractivity contribution < 1.29 is 4.79 Å². The molecule has 0 aromatic heterocycles. The summed E-state index contributed by atoms with van der Waals surface area (Å²) in [6, 6.07) is 11.3. The van der Waals surface area contributed by atoms with Crippen molar-refractivity contribution in [1.82, 2.24) is 14.7 Å². The Hall–Kier alpha value is -1.59. The van der Waals surface area contributed by atoms with Crippen LogP contribution in [-0.2, 0) is 4.79 Å². The molecule has 0 aliphatic carbocycles. The van der Waals surface area contributed by atoms with Crippen LogP contribution in [0.3, 0.4) is 0 Å².